The summed E-state index contributed by atoms with van der Waals surface area (Å²) >= 11 is 0. The summed E-state index contributed by atoms with van der Waals surface area (Å²) in [5.41, 5.74) is 3.98. The summed E-state index contributed by atoms with van der Waals surface area (Å²) in [5, 5.41) is 2.95. The van der Waals surface area contributed by atoms with Crippen molar-refractivity contribution in [3.63, 3.8) is 0 Å². The van der Waals surface area contributed by atoms with Gasteiger partial charge in [-0.2, -0.15) is 0 Å². The number of amides is 2. The van der Waals surface area contributed by atoms with E-state index in [-0.39, 0.29) is 11.8 Å². The first-order chi connectivity index (χ1) is 14.0. The number of anilines is 3. The van der Waals surface area contributed by atoms with Crippen molar-refractivity contribution in [2.45, 2.75) is 26.3 Å². The lowest BCUT2D eigenvalue weighted by atomic mass is 10.2. The fourth-order valence-corrected chi connectivity index (χ4v) is 3.49. The molecule has 0 atom stereocenters. The Balaban J connectivity index is 1.53. The number of rotatable bonds is 8. The largest absolute Gasteiger partial charge is 0.378 e. The molecule has 1 aliphatic rings. The van der Waals surface area contributed by atoms with E-state index >= 15 is 0 Å². The van der Waals surface area contributed by atoms with Crippen molar-refractivity contribution in [2.24, 2.45) is 0 Å². The molecule has 0 aliphatic carbocycles. The smallest absolute Gasteiger partial charge is 0.238 e. The molecule has 2 aromatic rings. The predicted molar refractivity (Wildman–Crippen MR) is 118 cm³/mol. The molecule has 2 amide bonds. The normalized spacial score (nSPS) is 13.8. The van der Waals surface area contributed by atoms with Crippen molar-refractivity contribution in [1.29, 1.82) is 0 Å². The van der Waals surface area contributed by atoms with E-state index in [1.165, 1.54) is 5.56 Å². The molecular formula is C23H30N4O2. The van der Waals surface area contributed by atoms with E-state index in [0.717, 1.165) is 43.1 Å². The first-order valence-corrected chi connectivity index (χ1v) is 10.1. The number of nitrogens with zero attached hydrogens (tertiary/aromatic N) is 3. The van der Waals surface area contributed by atoms with Crippen molar-refractivity contribution in [3.8, 4) is 0 Å². The van der Waals surface area contributed by atoms with Crippen molar-refractivity contribution < 1.29 is 9.59 Å². The second-order valence-corrected chi connectivity index (χ2v) is 7.61. The molecule has 3 rings (SSSR count). The lowest BCUT2D eigenvalue weighted by Gasteiger charge is -2.21. The van der Waals surface area contributed by atoms with Crippen molar-refractivity contribution >= 4 is 28.9 Å². The van der Waals surface area contributed by atoms with E-state index in [9.17, 15) is 9.59 Å². The van der Waals surface area contributed by atoms with Crippen LogP contribution in [-0.2, 0) is 16.1 Å². The van der Waals surface area contributed by atoms with Crippen molar-refractivity contribution in [1.82, 2.24) is 4.90 Å². The fraction of sp³-hybridized carbons (Fsp3) is 0.391. The van der Waals surface area contributed by atoms with Crippen LogP contribution in [0.2, 0.25) is 0 Å². The highest BCUT2D eigenvalue weighted by molar-refractivity contribution is 5.96. The van der Waals surface area contributed by atoms with E-state index in [1.54, 1.807) is 4.90 Å². The second kappa shape index (κ2) is 9.56. The van der Waals surface area contributed by atoms with E-state index in [0.29, 0.717) is 13.0 Å². The number of carbonyl (C=O) groups is 2. The molecule has 29 heavy (non-hydrogen) atoms. The quantitative estimate of drug-likeness (QED) is 0.746. The summed E-state index contributed by atoms with van der Waals surface area (Å²) in [4.78, 5) is 30.3. The maximum absolute atomic E-state index is 12.5. The van der Waals surface area contributed by atoms with Crippen LogP contribution >= 0.6 is 0 Å². The van der Waals surface area contributed by atoms with Crippen LogP contribution in [0.4, 0.5) is 17.1 Å². The highest BCUT2D eigenvalue weighted by Crippen LogP contribution is 2.23. The number of benzene rings is 2. The van der Waals surface area contributed by atoms with Gasteiger partial charge in [-0.3, -0.25) is 14.5 Å². The highest BCUT2D eigenvalue weighted by Gasteiger charge is 2.21. The monoisotopic (exact) mass is 394 g/mol. The topological polar surface area (TPSA) is 55.9 Å². The summed E-state index contributed by atoms with van der Waals surface area (Å²) < 4.78 is 0. The van der Waals surface area contributed by atoms with Gasteiger partial charge >= 0.3 is 0 Å². The molecule has 0 unspecified atom stereocenters. The number of nitrogens with one attached hydrogen (secondary N) is 1. The molecule has 1 saturated heterocycles. The first-order valence-electron chi connectivity index (χ1n) is 10.1. The maximum atomic E-state index is 12.5. The summed E-state index contributed by atoms with van der Waals surface area (Å²) in [5.74, 6) is 0.126. The Labute approximate surface area is 173 Å². The molecule has 0 aromatic heterocycles. The molecule has 2 aromatic carbocycles. The fourth-order valence-electron chi connectivity index (χ4n) is 3.49. The Morgan fingerprint density at radius 2 is 1.76 bits per heavy atom. The third kappa shape index (κ3) is 5.57. The third-order valence-electron chi connectivity index (χ3n) is 5.21. The molecule has 154 valence electrons. The lowest BCUT2D eigenvalue weighted by molar-refractivity contribution is -0.118. The summed E-state index contributed by atoms with van der Waals surface area (Å²) in [6.45, 7) is 4.68. The second-order valence-electron chi connectivity index (χ2n) is 7.61. The van der Waals surface area contributed by atoms with Crippen LogP contribution in [0.3, 0.4) is 0 Å². The minimum absolute atomic E-state index is 0.0400. The minimum atomic E-state index is -0.0400. The van der Waals surface area contributed by atoms with Crippen molar-refractivity contribution in [3.05, 3.63) is 54.1 Å². The zero-order chi connectivity index (χ0) is 20.8. The number of hydrogen-bond acceptors (Lipinski definition) is 4. The van der Waals surface area contributed by atoms with Gasteiger partial charge in [0.25, 0.3) is 0 Å². The summed E-state index contributed by atoms with van der Waals surface area (Å²) in [6, 6.07) is 15.9. The number of likely N-dealkylation sites (N-methyl/N-ethyl adjacent to an activating group) is 1. The molecule has 0 radical (unpaired) electrons. The van der Waals surface area contributed by atoms with Gasteiger partial charge in [0.2, 0.25) is 11.8 Å². The lowest BCUT2D eigenvalue weighted by Crippen LogP contribution is -2.32. The third-order valence-corrected chi connectivity index (χ3v) is 5.21. The highest BCUT2D eigenvalue weighted by atomic mass is 16.2. The zero-order valence-corrected chi connectivity index (χ0v) is 17.5. The minimum Gasteiger partial charge on any atom is -0.378 e. The van der Waals surface area contributed by atoms with Gasteiger partial charge in [0.1, 0.15) is 0 Å². The average Bonchev–Trinajstić information content (AvgIpc) is 3.14. The van der Waals surface area contributed by atoms with Gasteiger partial charge in [0.05, 0.1) is 6.54 Å². The van der Waals surface area contributed by atoms with Gasteiger partial charge in [-0.25, -0.2) is 0 Å². The van der Waals surface area contributed by atoms with E-state index in [2.05, 4.69) is 46.3 Å². The summed E-state index contributed by atoms with van der Waals surface area (Å²) in [7, 11) is 4.04. The van der Waals surface area contributed by atoms with Gasteiger partial charge in [-0.05, 0) is 54.9 Å². The van der Waals surface area contributed by atoms with Crippen LogP contribution < -0.4 is 15.1 Å². The van der Waals surface area contributed by atoms with E-state index in [4.69, 9.17) is 0 Å². The molecule has 1 N–H and O–H groups in total. The molecule has 6 heteroatoms. The average molecular weight is 395 g/mol. The molecule has 0 saturated carbocycles. The Hall–Kier alpha value is -2.86. The SMILES string of the molecule is CCN(CC(=O)Nc1ccc(N2CCCC2=O)cc1)Cc1ccc(N(C)C)cc1. The van der Waals surface area contributed by atoms with Crippen LogP contribution in [0.25, 0.3) is 0 Å². The standard InChI is InChI=1S/C23H30N4O2/c1-4-26(16-18-7-11-20(12-8-18)25(2)3)17-22(28)24-19-9-13-21(14-10-19)27-15-5-6-23(27)29/h7-14H,4-6,15-17H2,1-3H3,(H,24,28). The van der Waals surface area contributed by atoms with Crippen LogP contribution in [0, 0.1) is 0 Å². The Bertz CT molecular complexity index is 831. The molecule has 1 fully saturated rings. The number of hydrogen-bond donors (Lipinski definition) is 1. The first kappa shape index (κ1) is 20.9. The number of carbonyl (C=O) groups excluding carboxylic acids is 2. The van der Waals surface area contributed by atoms with Crippen LogP contribution in [0.5, 0.6) is 0 Å². The van der Waals surface area contributed by atoms with Gasteiger partial charge in [-0.1, -0.05) is 19.1 Å². The Kier molecular flexibility index (Phi) is 6.88. The molecule has 0 bridgehead atoms. The zero-order valence-electron chi connectivity index (χ0n) is 17.5. The van der Waals surface area contributed by atoms with Crippen LogP contribution in [0.15, 0.2) is 48.5 Å². The molecule has 6 nitrogen and oxygen atoms in total. The van der Waals surface area contributed by atoms with Gasteiger partial charge < -0.3 is 15.1 Å². The molecule has 1 aliphatic heterocycles. The van der Waals surface area contributed by atoms with Crippen LogP contribution in [0.1, 0.15) is 25.3 Å². The van der Waals surface area contributed by atoms with Gasteiger partial charge in [-0.15, -0.1) is 0 Å². The Morgan fingerprint density at radius 3 is 2.31 bits per heavy atom. The van der Waals surface area contributed by atoms with Gasteiger partial charge in [0, 0.05) is 50.7 Å². The molecule has 0 spiro atoms. The molecular weight excluding hydrogens is 364 g/mol. The van der Waals surface area contributed by atoms with E-state index < -0.39 is 0 Å². The van der Waals surface area contributed by atoms with Gasteiger partial charge in [0.15, 0.2) is 0 Å². The van der Waals surface area contributed by atoms with E-state index in [1.807, 2.05) is 38.4 Å². The maximum Gasteiger partial charge on any atom is 0.238 e. The van der Waals surface area contributed by atoms with Crippen LogP contribution in [-0.4, -0.2) is 50.4 Å². The Morgan fingerprint density at radius 1 is 1.07 bits per heavy atom. The van der Waals surface area contributed by atoms with Crippen molar-refractivity contribution in [2.75, 3.05) is 48.8 Å². The molecule has 1 heterocycles. The predicted octanol–water partition coefficient (Wildman–Crippen LogP) is 3.34. The summed E-state index contributed by atoms with van der Waals surface area (Å²) in [6.07, 6.45) is 1.52.